The molecule has 22 heavy (non-hydrogen) atoms. The maximum atomic E-state index is 3.70. The van der Waals surface area contributed by atoms with Gasteiger partial charge in [-0.1, -0.05) is 55.5 Å². The first kappa shape index (κ1) is 15.3. The van der Waals surface area contributed by atoms with Crippen LogP contribution in [0.2, 0.25) is 0 Å². The van der Waals surface area contributed by atoms with E-state index in [0.717, 1.165) is 25.9 Å². The van der Waals surface area contributed by atoms with Crippen molar-refractivity contribution in [2.75, 3.05) is 13.1 Å². The molecule has 1 N–H and O–H groups in total. The van der Waals surface area contributed by atoms with E-state index >= 15 is 0 Å². The Morgan fingerprint density at radius 3 is 2.73 bits per heavy atom. The Morgan fingerprint density at radius 2 is 1.91 bits per heavy atom. The van der Waals surface area contributed by atoms with Crippen molar-refractivity contribution in [1.82, 2.24) is 5.32 Å². The summed E-state index contributed by atoms with van der Waals surface area (Å²) < 4.78 is 0. The maximum Gasteiger partial charge on any atom is 0.00204 e. The monoisotopic (exact) mass is 293 g/mol. The lowest BCUT2D eigenvalue weighted by molar-refractivity contribution is 0.505. The molecule has 0 radical (unpaired) electrons. The molecule has 0 saturated heterocycles. The second kappa shape index (κ2) is 7.60. The van der Waals surface area contributed by atoms with Crippen LogP contribution in [0.15, 0.2) is 48.5 Å². The van der Waals surface area contributed by atoms with E-state index in [2.05, 4.69) is 60.8 Å². The highest BCUT2D eigenvalue weighted by Crippen LogP contribution is 2.34. The van der Waals surface area contributed by atoms with Gasteiger partial charge in [-0.05, 0) is 66.8 Å². The molecule has 0 aromatic heterocycles. The molecule has 0 bridgehead atoms. The van der Waals surface area contributed by atoms with Crippen molar-refractivity contribution in [1.29, 1.82) is 0 Å². The van der Waals surface area contributed by atoms with Gasteiger partial charge in [0.05, 0.1) is 0 Å². The van der Waals surface area contributed by atoms with Gasteiger partial charge in [0.25, 0.3) is 0 Å². The summed E-state index contributed by atoms with van der Waals surface area (Å²) in [6.07, 6.45) is 6.22. The fraction of sp³-hybridized carbons (Fsp3) is 0.429. The van der Waals surface area contributed by atoms with Crippen LogP contribution in [0.1, 0.15) is 47.9 Å². The van der Waals surface area contributed by atoms with Crippen molar-refractivity contribution in [2.24, 2.45) is 0 Å². The molecule has 0 saturated carbocycles. The third kappa shape index (κ3) is 3.59. The lowest BCUT2D eigenvalue weighted by Gasteiger charge is -2.28. The van der Waals surface area contributed by atoms with E-state index in [9.17, 15) is 0 Å². The highest BCUT2D eigenvalue weighted by Gasteiger charge is 2.21. The van der Waals surface area contributed by atoms with Gasteiger partial charge >= 0.3 is 0 Å². The number of aryl methyl sites for hydroxylation is 2. The van der Waals surface area contributed by atoms with Crippen LogP contribution in [0.4, 0.5) is 0 Å². The Bertz CT molecular complexity index is 574. The number of hydrogen-bond donors (Lipinski definition) is 1. The first-order valence-electron chi connectivity index (χ1n) is 8.73. The summed E-state index contributed by atoms with van der Waals surface area (Å²) in [5.74, 6) is 0.704. The lowest BCUT2D eigenvalue weighted by Crippen LogP contribution is -2.27. The third-order valence-electron chi connectivity index (χ3n) is 4.90. The second-order valence-corrected chi connectivity index (χ2v) is 6.37. The van der Waals surface area contributed by atoms with Gasteiger partial charge in [0.2, 0.25) is 0 Å². The van der Waals surface area contributed by atoms with Crippen molar-refractivity contribution in [2.45, 2.75) is 44.9 Å². The van der Waals surface area contributed by atoms with Gasteiger partial charge in [0.15, 0.2) is 0 Å². The van der Waals surface area contributed by atoms with E-state index in [0.29, 0.717) is 5.92 Å². The molecule has 2 aromatic carbocycles. The van der Waals surface area contributed by atoms with Crippen LogP contribution in [-0.4, -0.2) is 13.1 Å². The van der Waals surface area contributed by atoms with Crippen molar-refractivity contribution in [3.63, 3.8) is 0 Å². The molecule has 0 spiro atoms. The molecular weight excluding hydrogens is 266 g/mol. The normalized spacial score (nSPS) is 17.2. The first-order chi connectivity index (χ1) is 10.9. The van der Waals surface area contributed by atoms with Crippen molar-refractivity contribution < 1.29 is 0 Å². The smallest absolute Gasteiger partial charge is 0.00204 e. The summed E-state index contributed by atoms with van der Waals surface area (Å²) in [4.78, 5) is 0. The van der Waals surface area contributed by atoms with Gasteiger partial charge in [-0.2, -0.15) is 0 Å². The van der Waals surface area contributed by atoms with Crippen LogP contribution in [0, 0.1) is 0 Å². The van der Waals surface area contributed by atoms with Gasteiger partial charge < -0.3 is 5.32 Å². The van der Waals surface area contributed by atoms with Crippen LogP contribution in [0.25, 0.3) is 0 Å². The van der Waals surface area contributed by atoms with E-state index in [-0.39, 0.29) is 0 Å². The highest BCUT2D eigenvalue weighted by molar-refractivity contribution is 5.40. The standard InChI is InChI=1S/C21H27N/c1-2-18-10-6-11-19-12-7-13-20(21(18)19)16-22-15-14-17-8-4-3-5-9-17/h3-6,8-11,20,22H,2,7,12-16H2,1H3. The van der Waals surface area contributed by atoms with Crippen molar-refractivity contribution in [3.05, 3.63) is 70.8 Å². The first-order valence-corrected chi connectivity index (χ1v) is 8.73. The number of hydrogen-bond acceptors (Lipinski definition) is 1. The number of fused-ring (bicyclic) bond motifs is 1. The van der Waals surface area contributed by atoms with Crippen LogP contribution in [0.5, 0.6) is 0 Å². The molecule has 1 aliphatic carbocycles. The molecule has 1 atom stereocenters. The molecule has 3 rings (SSSR count). The summed E-state index contributed by atoms with van der Waals surface area (Å²) in [6.45, 7) is 4.48. The minimum Gasteiger partial charge on any atom is -0.316 e. The van der Waals surface area contributed by atoms with Crippen LogP contribution < -0.4 is 5.32 Å². The maximum absolute atomic E-state index is 3.70. The van der Waals surface area contributed by atoms with E-state index < -0.39 is 0 Å². The van der Waals surface area contributed by atoms with Crippen molar-refractivity contribution in [3.8, 4) is 0 Å². The zero-order valence-corrected chi connectivity index (χ0v) is 13.6. The minimum atomic E-state index is 0.704. The largest absolute Gasteiger partial charge is 0.316 e. The van der Waals surface area contributed by atoms with Gasteiger partial charge in [-0.25, -0.2) is 0 Å². The molecule has 1 unspecified atom stereocenters. The Balaban J connectivity index is 1.58. The van der Waals surface area contributed by atoms with Crippen LogP contribution >= 0.6 is 0 Å². The lowest BCUT2D eigenvalue weighted by atomic mass is 9.79. The third-order valence-corrected chi connectivity index (χ3v) is 4.90. The molecule has 0 fully saturated rings. The van der Waals surface area contributed by atoms with Crippen molar-refractivity contribution >= 4 is 0 Å². The summed E-state index contributed by atoms with van der Waals surface area (Å²) in [6, 6.07) is 17.7. The van der Waals surface area contributed by atoms with E-state index in [1.165, 1.54) is 24.8 Å². The topological polar surface area (TPSA) is 12.0 Å². The van der Waals surface area contributed by atoms with Gasteiger partial charge in [0, 0.05) is 6.54 Å². The summed E-state index contributed by atoms with van der Waals surface area (Å²) in [5.41, 5.74) is 6.24. The Labute approximate surface area is 134 Å². The van der Waals surface area contributed by atoms with Gasteiger partial charge in [0.1, 0.15) is 0 Å². The fourth-order valence-corrected chi connectivity index (χ4v) is 3.76. The zero-order valence-electron chi connectivity index (χ0n) is 13.6. The quantitative estimate of drug-likeness (QED) is 0.773. The average molecular weight is 293 g/mol. The minimum absolute atomic E-state index is 0.704. The molecule has 0 aliphatic heterocycles. The zero-order chi connectivity index (χ0) is 15.2. The molecular formula is C21H27N. The SMILES string of the molecule is CCc1cccc2c1C(CNCCc1ccccc1)CCC2. The van der Waals surface area contributed by atoms with E-state index in [4.69, 9.17) is 0 Å². The summed E-state index contributed by atoms with van der Waals surface area (Å²) in [5, 5.41) is 3.70. The number of nitrogens with one attached hydrogen (secondary N) is 1. The van der Waals surface area contributed by atoms with Crippen LogP contribution in [-0.2, 0) is 19.3 Å². The summed E-state index contributed by atoms with van der Waals surface area (Å²) >= 11 is 0. The molecule has 0 amide bonds. The highest BCUT2D eigenvalue weighted by atomic mass is 14.9. The number of benzene rings is 2. The Kier molecular flexibility index (Phi) is 5.29. The molecule has 0 heterocycles. The molecule has 1 aliphatic rings. The molecule has 1 nitrogen and oxygen atoms in total. The Hall–Kier alpha value is -1.60. The Morgan fingerprint density at radius 1 is 1.05 bits per heavy atom. The predicted octanol–water partition coefficient (Wildman–Crippen LogP) is 4.50. The van der Waals surface area contributed by atoms with Gasteiger partial charge in [-0.15, -0.1) is 0 Å². The fourth-order valence-electron chi connectivity index (χ4n) is 3.76. The molecule has 116 valence electrons. The average Bonchev–Trinajstić information content (AvgIpc) is 2.59. The molecule has 1 heteroatoms. The van der Waals surface area contributed by atoms with Crippen LogP contribution in [0.3, 0.4) is 0 Å². The predicted molar refractivity (Wildman–Crippen MR) is 94.5 cm³/mol. The van der Waals surface area contributed by atoms with E-state index in [1.807, 2.05) is 0 Å². The van der Waals surface area contributed by atoms with Gasteiger partial charge in [-0.3, -0.25) is 0 Å². The summed E-state index contributed by atoms with van der Waals surface area (Å²) in [7, 11) is 0. The molecule has 2 aromatic rings. The number of rotatable bonds is 6. The van der Waals surface area contributed by atoms with E-state index in [1.54, 1.807) is 16.7 Å². The second-order valence-electron chi connectivity index (χ2n) is 6.37.